The maximum absolute atomic E-state index is 11.2. The van der Waals surface area contributed by atoms with Crippen molar-refractivity contribution in [3.8, 4) is 0 Å². The van der Waals surface area contributed by atoms with Gasteiger partial charge in [-0.15, -0.1) is 0 Å². The number of hydrogen-bond acceptors (Lipinski definition) is 2. The van der Waals surface area contributed by atoms with Crippen LogP contribution >= 0.6 is 0 Å². The maximum atomic E-state index is 11.2. The summed E-state index contributed by atoms with van der Waals surface area (Å²) in [6, 6.07) is 0.495. The van der Waals surface area contributed by atoms with Crippen molar-refractivity contribution in [1.29, 1.82) is 0 Å². The Labute approximate surface area is 80.5 Å². The van der Waals surface area contributed by atoms with Crippen LogP contribution in [0.4, 0.5) is 0 Å². The van der Waals surface area contributed by atoms with Crippen molar-refractivity contribution in [2.24, 2.45) is 5.92 Å². The third-order valence-electron chi connectivity index (χ3n) is 3.01. The molecule has 2 unspecified atom stereocenters. The lowest BCUT2D eigenvalue weighted by Crippen LogP contribution is -2.55. The number of likely N-dealkylation sites (tertiary alicyclic amines) is 1. The number of hydrogen-bond donors (Lipinski definition) is 1. The summed E-state index contributed by atoms with van der Waals surface area (Å²) in [4.78, 5) is 13.2. The summed E-state index contributed by atoms with van der Waals surface area (Å²) in [6.45, 7) is 5.84. The molecule has 0 bridgehead atoms. The van der Waals surface area contributed by atoms with Crippen molar-refractivity contribution < 1.29 is 4.79 Å². The molecule has 1 N–H and O–H groups in total. The Morgan fingerprint density at radius 1 is 1.69 bits per heavy atom. The Bertz CT molecular complexity index is 182. The first kappa shape index (κ1) is 10.5. The second kappa shape index (κ2) is 4.61. The Morgan fingerprint density at radius 2 is 2.38 bits per heavy atom. The van der Waals surface area contributed by atoms with Gasteiger partial charge in [0.2, 0.25) is 5.91 Å². The molecule has 13 heavy (non-hydrogen) atoms. The van der Waals surface area contributed by atoms with Gasteiger partial charge in [0.15, 0.2) is 0 Å². The van der Waals surface area contributed by atoms with Gasteiger partial charge in [-0.25, -0.2) is 0 Å². The van der Waals surface area contributed by atoms with Crippen molar-refractivity contribution >= 4 is 5.91 Å². The molecule has 0 aromatic carbocycles. The SMILES string of the molecule is CCC(CNC)C1CCN1C(C)=O. The highest BCUT2D eigenvalue weighted by atomic mass is 16.2. The van der Waals surface area contributed by atoms with Gasteiger partial charge < -0.3 is 10.2 Å². The molecule has 3 nitrogen and oxygen atoms in total. The Kier molecular flexibility index (Phi) is 3.72. The fraction of sp³-hybridized carbons (Fsp3) is 0.900. The largest absolute Gasteiger partial charge is 0.339 e. The zero-order valence-electron chi connectivity index (χ0n) is 8.84. The monoisotopic (exact) mass is 184 g/mol. The second-order valence-corrected chi connectivity index (χ2v) is 3.79. The summed E-state index contributed by atoms with van der Waals surface area (Å²) >= 11 is 0. The van der Waals surface area contributed by atoms with E-state index in [4.69, 9.17) is 0 Å². The smallest absolute Gasteiger partial charge is 0.219 e. The number of rotatable bonds is 4. The van der Waals surface area contributed by atoms with Crippen LogP contribution in [0.2, 0.25) is 0 Å². The quantitative estimate of drug-likeness (QED) is 0.702. The Hall–Kier alpha value is -0.570. The molecule has 0 aliphatic carbocycles. The zero-order valence-corrected chi connectivity index (χ0v) is 8.84. The standard InChI is InChI=1S/C10H20N2O/c1-4-9(7-11-3)10-5-6-12(10)8(2)13/h9-11H,4-7H2,1-3H3. The molecule has 1 rings (SSSR count). The van der Waals surface area contributed by atoms with Gasteiger partial charge in [-0.1, -0.05) is 13.3 Å². The van der Waals surface area contributed by atoms with E-state index < -0.39 is 0 Å². The Balaban J connectivity index is 2.45. The van der Waals surface area contributed by atoms with Crippen molar-refractivity contribution in [2.75, 3.05) is 20.1 Å². The molecule has 0 saturated carbocycles. The Morgan fingerprint density at radius 3 is 2.69 bits per heavy atom. The molecular weight excluding hydrogens is 164 g/mol. The summed E-state index contributed by atoms with van der Waals surface area (Å²) in [7, 11) is 1.97. The van der Waals surface area contributed by atoms with E-state index in [9.17, 15) is 4.79 Å². The molecule has 1 heterocycles. The van der Waals surface area contributed by atoms with Gasteiger partial charge in [0.05, 0.1) is 0 Å². The minimum atomic E-state index is 0.228. The molecule has 1 aliphatic heterocycles. The topological polar surface area (TPSA) is 32.3 Å². The van der Waals surface area contributed by atoms with Gasteiger partial charge in [-0.05, 0) is 25.9 Å². The number of carbonyl (C=O) groups is 1. The molecule has 76 valence electrons. The molecule has 0 spiro atoms. The van der Waals surface area contributed by atoms with Crippen LogP contribution in [-0.2, 0) is 4.79 Å². The molecule has 1 amide bonds. The molecule has 0 aromatic heterocycles. The molecule has 1 fully saturated rings. The highest BCUT2D eigenvalue weighted by molar-refractivity contribution is 5.74. The van der Waals surface area contributed by atoms with E-state index in [1.807, 2.05) is 11.9 Å². The van der Waals surface area contributed by atoms with Crippen LogP contribution in [0.5, 0.6) is 0 Å². The summed E-state index contributed by atoms with van der Waals surface area (Å²) in [6.07, 6.45) is 2.33. The highest BCUT2D eigenvalue weighted by Crippen LogP contribution is 2.26. The summed E-state index contributed by atoms with van der Waals surface area (Å²) in [5, 5.41) is 3.19. The van der Waals surface area contributed by atoms with E-state index in [0.29, 0.717) is 12.0 Å². The van der Waals surface area contributed by atoms with Crippen LogP contribution < -0.4 is 5.32 Å². The van der Waals surface area contributed by atoms with E-state index >= 15 is 0 Å². The van der Waals surface area contributed by atoms with E-state index in [1.54, 1.807) is 6.92 Å². The number of nitrogens with zero attached hydrogens (tertiary/aromatic N) is 1. The van der Waals surface area contributed by atoms with E-state index in [-0.39, 0.29) is 5.91 Å². The van der Waals surface area contributed by atoms with E-state index in [1.165, 1.54) is 6.42 Å². The van der Waals surface area contributed by atoms with Crippen LogP contribution in [0.3, 0.4) is 0 Å². The summed E-state index contributed by atoms with van der Waals surface area (Å²) < 4.78 is 0. The average Bonchev–Trinajstić information content (AvgIpc) is 2.00. The molecular formula is C10H20N2O. The van der Waals surface area contributed by atoms with Crippen molar-refractivity contribution in [3.63, 3.8) is 0 Å². The predicted molar refractivity (Wildman–Crippen MR) is 53.5 cm³/mol. The van der Waals surface area contributed by atoms with Gasteiger partial charge in [0, 0.05) is 19.5 Å². The average molecular weight is 184 g/mol. The minimum Gasteiger partial charge on any atom is -0.339 e. The number of nitrogens with one attached hydrogen (secondary N) is 1. The molecule has 2 atom stereocenters. The minimum absolute atomic E-state index is 0.228. The lowest BCUT2D eigenvalue weighted by molar-refractivity contribution is -0.138. The van der Waals surface area contributed by atoms with E-state index in [2.05, 4.69) is 12.2 Å². The van der Waals surface area contributed by atoms with Gasteiger partial charge in [0.1, 0.15) is 0 Å². The van der Waals surface area contributed by atoms with Crippen LogP contribution in [-0.4, -0.2) is 37.0 Å². The van der Waals surface area contributed by atoms with Crippen molar-refractivity contribution in [3.05, 3.63) is 0 Å². The van der Waals surface area contributed by atoms with Crippen LogP contribution in [0.15, 0.2) is 0 Å². The normalized spacial score (nSPS) is 23.9. The van der Waals surface area contributed by atoms with Crippen LogP contribution in [0.1, 0.15) is 26.7 Å². The third kappa shape index (κ3) is 2.21. The second-order valence-electron chi connectivity index (χ2n) is 3.79. The van der Waals surface area contributed by atoms with Crippen LogP contribution in [0.25, 0.3) is 0 Å². The first-order valence-electron chi connectivity index (χ1n) is 5.12. The third-order valence-corrected chi connectivity index (χ3v) is 3.01. The number of amides is 1. The molecule has 1 saturated heterocycles. The first-order valence-corrected chi connectivity index (χ1v) is 5.12. The summed E-state index contributed by atoms with van der Waals surface area (Å²) in [5.74, 6) is 0.855. The van der Waals surface area contributed by atoms with Crippen molar-refractivity contribution in [1.82, 2.24) is 10.2 Å². The van der Waals surface area contributed by atoms with Crippen LogP contribution in [0, 0.1) is 5.92 Å². The van der Waals surface area contributed by atoms with E-state index in [0.717, 1.165) is 19.5 Å². The molecule has 0 aromatic rings. The first-order chi connectivity index (χ1) is 6.20. The highest BCUT2D eigenvalue weighted by Gasteiger charge is 2.34. The lowest BCUT2D eigenvalue weighted by atomic mass is 9.87. The maximum Gasteiger partial charge on any atom is 0.219 e. The van der Waals surface area contributed by atoms with Gasteiger partial charge >= 0.3 is 0 Å². The zero-order chi connectivity index (χ0) is 9.84. The fourth-order valence-corrected chi connectivity index (χ4v) is 2.10. The fourth-order valence-electron chi connectivity index (χ4n) is 2.10. The lowest BCUT2D eigenvalue weighted by Gasteiger charge is -2.45. The molecule has 3 heteroatoms. The van der Waals surface area contributed by atoms with Gasteiger partial charge in [-0.3, -0.25) is 4.79 Å². The summed E-state index contributed by atoms with van der Waals surface area (Å²) in [5.41, 5.74) is 0. The van der Waals surface area contributed by atoms with Gasteiger partial charge in [0.25, 0.3) is 0 Å². The molecule has 1 aliphatic rings. The number of carbonyl (C=O) groups excluding carboxylic acids is 1. The van der Waals surface area contributed by atoms with Crippen molar-refractivity contribution in [2.45, 2.75) is 32.7 Å². The molecule has 0 radical (unpaired) electrons. The predicted octanol–water partition coefficient (Wildman–Crippen LogP) is 0.853. The van der Waals surface area contributed by atoms with Gasteiger partial charge in [-0.2, -0.15) is 0 Å².